The highest BCUT2D eigenvalue weighted by Gasteiger charge is 2.25. The standard InChI is InChI=1S/C13H15NO3/c1-8-11(12(15)13(16)17-3)9-6-4-5-7-10(9)14(8)2/h4-7,12,15H,1-3H3. The molecule has 1 aromatic heterocycles. The molecule has 17 heavy (non-hydrogen) atoms. The quantitative estimate of drug-likeness (QED) is 0.803. The summed E-state index contributed by atoms with van der Waals surface area (Å²) in [6.07, 6.45) is -1.23. The number of para-hydroxylation sites is 1. The van der Waals surface area contributed by atoms with Crippen molar-refractivity contribution in [2.24, 2.45) is 7.05 Å². The number of aryl methyl sites for hydroxylation is 1. The molecule has 4 nitrogen and oxygen atoms in total. The van der Waals surface area contributed by atoms with Crippen LogP contribution in [0.3, 0.4) is 0 Å². The zero-order valence-electron chi connectivity index (χ0n) is 10.1. The first-order valence-electron chi connectivity index (χ1n) is 5.37. The van der Waals surface area contributed by atoms with E-state index in [1.807, 2.05) is 42.8 Å². The highest BCUT2D eigenvalue weighted by Crippen LogP contribution is 2.30. The fraction of sp³-hybridized carbons (Fsp3) is 0.308. The summed E-state index contributed by atoms with van der Waals surface area (Å²) in [7, 11) is 3.18. The number of aliphatic hydroxyl groups excluding tert-OH is 1. The van der Waals surface area contributed by atoms with Crippen molar-refractivity contribution in [2.75, 3.05) is 7.11 Å². The molecule has 1 unspecified atom stereocenters. The zero-order chi connectivity index (χ0) is 12.6. The number of aliphatic hydroxyl groups is 1. The zero-order valence-corrected chi connectivity index (χ0v) is 10.1. The van der Waals surface area contributed by atoms with Crippen LogP contribution in [0.25, 0.3) is 10.9 Å². The molecule has 2 rings (SSSR count). The maximum atomic E-state index is 11.4. The fourth-order valence-corrected chi connectivity index (χ4v) is 2.12. The van der Waals surface area contributed by atoms with E-state index in [1.165, 1.54) is 7.11 Å². The molecule has 0 fully saturated rings. The molecule has 0 saturated carbocycles. The van der Waals surface area contributed by atoms with Crippen LogP contribution in [0.1, 0.15) is 17.4 Å². The average molecular weight is 233 g/mol. The molecule has 1 atom stereocenters. The number of carbonyl (C=O) groups is 1. The average Bonchev–Trinajstić information content (AvgIpc) is 2.61. The normalized spacial score (nSPS) is 12.7. The van der Waals surface area contributed by atoms with Gasteiger partial charge < -0.3 is 14.4 Å². The Labute approximate surface area is 99.4 Å². The minimum atomic E-state index is -1.23. The van der Waals surface area contributed by atoms with Crippen molar-refractivity contribution in [1.29, 1.82) is 0 Å². The van der Waals surface area contributed by atoms with Crippen molar-refractivity contribution >= 4 is 16.9 Å². The summed E-state index contributed by atoms with van der Waals surface area (Å²) < 4.78 is 6.54. The van der Waals surface area contributed by atoms with Gasteiger partial charge in [0.1, 0.15) is 0 Å². The number of fused-ring (bicyclic) bond motifs is 1. The minimum absolute atomic E-state index is 0.620. The third-order valence-electron chi connectivity index (χ3n) is 3.15. The van der Waals surface area contributed by atoms with E-state index in [0.717, 1.165) is 16.6 Å². The Hall–Kier alpha value is -1.81. The Morgan fingerprint density at radius 2 is 2.06 bits per heavy atom. The van der Waals surface area contributed by atoms with Gasteiger partial charge in [0.2, 0.25) is 0 Å². The SMILES string of the molecule is COC(=O)C(O)c1c(C)n(C)c2ccccc12. The number of benzene rings is 1. The first-order chi connectivity index (χ1) is 8.07. The monoisotopic (exact) mass is 233 g/mol. The lowest BCUT2D eigenvalue weighted by Crippen LogP contribution is -2.14. The van der Waals surface area contributed by atoms with Crippen LogP contribution in [0.15, 0.2) is 24.3 Å². The molecule has 1 heterocycles. The number of esters is 1. The summed E-state index contributed by atoms with van der Waals surface area (Å²) in [5, 5.41) is 10.9. The number of hydrogen-bond donors (Lipinski definition) is 1. The van der Waals surface area contributed by atoms with Crippen LogP contribution in [0.5, 0.6) is 0 Å². The number of hydrogen-bond acceptors (Lipinski definition) is 3. The number of carbonyl (C=O) groups excluding carboxylic acids is 1. The van der Waals surface area contributed by atoms with Crippen molar-refractivity contribution in [2.45, 2.75) is 13.0 Å². The summed E-state index contributed by atoms with van der Waals surface area (Å²) in [6, 6.07) is 7.66. The van der Waals surface area contributed by atoms with Crippen molar-refractivity contribution in [3.63, 3.8) is 0 Å². The van der Waals surface area contributed by atoms with E-state index >= 15 is 0 Å². The van der Waals surface area contributed by atoms with E-state index < -0.39 is 12.1 Å². The first kappa shape index (κ1) is 11.7. The van der Waals surface area contributed by atoms with Crippen LogP contribution in [-0.2, 0) is 16.6 Å². The van der Waals surface area contributed by atoms with E-state index in [0.29, 0.717) is 5.56 Å². The summed E-state index contributed by atoms with van der Waals surface area (Å²) in [5.41, 5.74) is 2.47. The summed E-state index contributed by atoms with van der Waals surface area (Å²) >= 11 is 0. The lowest BCUT2D eigenvalue weighted by atomic mass is 10.1. The maximum absolute atomic E-state index is 11.4. The van der Waals surface area contributed by atoms with Crippen LogP contribution in [-0.4, -0.2) is 22.8 Å². The molecule has 1 N–H and O–H groups in total. The second-order valence-corrected chi connectivity index (χ2v) is 4.00. The van der Waals surface area contributed by atoms with Crippen molar-refractivity contribution in [3.05, 3.63) is 35.5 Å². The number of rotatable bonds is 2. The van der Waals surface area contributed by atoms with Gasteiger partial charge >= 0.3 is 5.97 Å². The van der Waals surface area contributed by atoms with E-state index in [1.54, 1.807) is 0 Å². The first-order valence-corrected chi connectivity index (χ1v) is 5.37. The molecular weight excluding hydrogens is 218 g/mol. The van der Waals surface area contributed by atoms with E-state index in [9.17, 15) is 9.90 Å². The second-order valence-electron chi connectivity index (χ2n) is 4.00. The largest absolute Gasteiger partial charge is 0.467 e. The molecule has 0 spiro atoms. The van der Waals surface area contributed by atoms with Crippen LogP contribution in [0, 0.1) is 6.92 Å². The lowest BCUT2D eigenvalue weighted by molar-refractivity contribution is -0.150. The van der Waals surface area contributed by atoms with Gasteiger partial charge in [-0.3, -0.25) is 0 Å². The molecule has 0 bridgehead atoms. The Morgan fingerprint density at radius 3 is 2.71 bits per heavy atom. The molecule has 1 aromatic carbocycles. The topological polar surface area (TPSA) is 51.5 Å². The smallest absolute Gasteiger partial charge is 0.339 e. The number of aromatic nitrogens is 1. The fourth-order valence-electron chi connectivity index (χ4n) is 2.12. The van der Waals surface area contributed by atoms with Gasteiger partial charge in [0, 0.05) is 29.2 Å². The molecule has 0 radical (unpaired) electrons. The van der Waals surface area contributed by atoms with Crippen LogP contribution < -0.4 is 0 Å². The molecule has 4 heteroatoms. The van der Waals surface area contributed by atoms with Gasteiger partial charge in [0.15, 0.2) is 6.10 Å². The van der Waals surface area contributed by atoms with Gasteiger partial charge in [-0.1, -0.05) is 18.2 Å². The van der Waals surface area contributed by atoms with Gasteiger partial charge in [-0.05, 0) is 13.0 Å². The second kappa shape index (κ2) is 4.22. The maximum Gasteiger partial charge on any atom is 0.339 e. The Bertz CT molecular complexity index is 571. The third kappa shape index (κ3) is 1.70. The Balaban J connectivity index is 2.69. The van der Waals surface area contributed by atoms with Gasteiger partial charge in [-0.2, -0.15) is 0 Å². The van der Waals surface area contributed by atoms with Gasteiger partial charge in [0.25, 0.3) is 0 Å². The van der Waals surface area contributed by atoms with Crippen LogP contribution in [0.4, 0.5) is 0 Å². The van der Waals surface area contributed by atoms with Crippen molar-refractivity contribution in [3.8, 4) is 0 Å². The van der Waals surface area contributed by atoms with E-state index in [2.05, 4.69) is 4.74 Å². The van der Waals surface area contributed by atoms with Crippen LogP contribution >= 0.6 is 0 Å². The van der Waals surface area contributed by atoms with Crippen LogP contribution in [0.2, 0.25) is 0 Å². The van der Waals surface area contributed by atoms with Gasteiger partial charge in [-0.15, -0.1) is 0 Å². The van der Waals surface area contributed by atoms with Crippen molar-refractivity contribution < 1.29 is 14.6 Å². The van der Waals surface area contributed by atoms with E-state index in [4.69, 9.17) is 0 Å². The summed E-state index contributed by atoms with van der Waals surface area (Å²) in [5.74, 6) is -0.635. The highest BCUT2D eigenvalue weighted by molar-refractivity contribution is 5.90. The molecule has 0 aliphatic carbocycles. The molecule has 90 valence electrons. The van der Waals surface area contributed by atoms with E-state index in [-0.39, 0.29) is 0 Å². The molecule has 0 aliphatic rings. The predicted molar refractivity (Wildman–Crippen MR) is 64.6 cm³/mol. The van der Waals surface area contributed by atoms with Gasteiger partial charge in [-0.25, -0.2) is 4.79 Å². The number of methoxy groups -OCH3 is 1. The molecule has 0 amide bonds. The third-order valence-corrected chi connectivity index (χ3v) is 3.15. The highest BCUT2D eigenvalue weighted by atomic mass is 16.5. The summed E-state index contributed by atoms with van der Waals surface area (Å²) in [6.45, 7) is 1.88. The minimum Gasteiger partial charge on any atom is -0.467 e. The molecule has 0 aliphatic heterocycles. The molecular formula is C13H15NO3. The summed E-state index contributed by atoms with van der Waals surface area (Å²) in [4.78, 5) is 11.4. The molecule has 2 aromatic rings. The Kier molecular flexibility index (Phi) is 2.90. The predicted octanol–water partition coefficient (Wildman–Crippen LogP) is 1.69. The number of ether oxygens (including phenoxy) is 1. The van der Waals surface area contributed by atoms with Gasteiger partial charge in [0.05, 0.1) is 7.11 Å². The lowest BCUT2D eigenvalue weighted by Gasteiger charge is -2.09. The Morgan fingerprint density at radius 1 is 1.41 bits per heavy atom. The van der Waals surface area contributed by atoms with Crippen molar-refractivity contribution in [1.82, 2.24) is 4.57 Å². The number of nitrogens with zero attached hydrogens (tertiary/aromatic N) is 1. The molecule has 0 saturated heterocycles.